The minimum absolute atomic E-state index is 0.0961. The Morgan fingerprint density at radius 3 is 2.85 bits per heavy atom. The molecule has 0 saturated carbocycles. The van der Waals surface area contributed by atoms with Crippen molar-refractivity contribution in [2.24, 2.45) is 0 Å². The summed E-state index contributed by atoms with van der Waals surface area (Å²) in [7, 11) is 0. The van der Waals surface area contributed by atoms with Crippen molar-refractivity contribution in [3.8, 4) is 0 Å². The fraction of sp³-hybridized carbons (Fsp3) is 0.0625. The molecule has 0 aliphatic carbocycles. The first-order chi connectivity index (χ1) is 9.65. The molecule has 4 heteroatoms. The predicted octanol–water partition coefficient (Wildman–Crippen LogP) is 4.76. The van der Waals surface area contributed by atoms with Gasteiger partial charge in [0.2, 0.25) is 0 Å². The molecule has 0 unspecified atom stereocenters. The third-order valence-corrected chi connectivity index (χ3v) is 3.91. The smallest absolute Gasteiger partial charge is 0.171 e. The maximum atomic E-state index is 13.2. The summed E-state index contributed by atoms with van der Waals surface area (Å²) in [5.41, 5.74) is 1.83. The number of furan rings is 1. The number of carbonyl (C=O) groups is 1. The highest BCUT2D eigenvalue weighted by Gasteiger charge is 2.15. The molecule has 20 heavy (non-hydrogen) atoms. The molecular weight excluding hydrogens is 323 g/mol. The van der Waals surface area contributed by atoms with Crippen molar-refractivity contribution in [1.82, 2.24) is 0 Å². The van der Waals surface area contributed by atoms with Crippen molar-refractivity contribution in [2.45, 2.75) is 6.42 Å². The van der Waals surface area contributed by atoms with Crippen LogP contribution in [0, 0.1) is 5.82 Å². The highest BCUT2D eigenvalue weighted by molar-refractivity contribution is 9.10. The van der Waals surface area contributed by atoms with E-state index in [1.807, 2.05) is 24.3 Å². The summed E-state index contributed by atoms with van der Waals surface area (Å²) in [4.78, 5) is 12.3. The molecule has 0 aliphatic rings. The third-order valence-electron chi connectivity index (χ3n) is 3.14. The Labute approximate surface area is 123 Å². The molecule has 3 rings (SSSR count). The van der Waals surface area contributed by atoms with Gasteiger partial charge >= 0.3 is 0 Å². The number of rotatable bonds is 3. The largest absolute Gasteiger partial charge is 0.464 e. The van der Waals surface area contributed by atoms with Crippen LogP contribution in [-0.2, 0) is 6.42 Å². The SMILES string of the molecule is O=C(Cc1cc(F)ccc1Br)c1coc2ccccc12. The molecule has 0 atom stereocenters. The number of para-hydroxylation sites is 1. The van der Waals surface area contributed by atoms with Crippen LogP contribution in [0.1, 0.15) is 15.9 Å². The number of fused-ring (bicyclic) bond motifs is 1. The van der Waals surface area contributed by atoms with Crippen LogP contribution in [0.2, 0.25) is 0 Å². The summed E-state index contributed by atoms with van der Waals surface area (Å²) in [5, 5.41) is 0.782. The molecule has 100 valence electrons. The molecule has 3 aromatic rings. The van der Waals surface area contributed by atoms with E-state index < -0.39 is 0 Å². The first-order valence-electron chi connectivity index (χ1n) is 6.08. The molecule has 2 nitrogen and oxygen atoms in total. The van der Waals surface area contributed by atoms with Crippen molar-refractivity contribution in [2.75, 3.05) is 0 Å². The second kappa shape index (κ2) is 5.21. The van der Waals surface area contributed by atoms with Crippen LogP contribution >= 0.6 is 15.9 Å². The monoisotopic (exact) mass is 332 g/mol. The van der Waals surface area contributed by atoms with Gasteiger partial charge in [-0.2, -0.15) is 0 Å². The maximum absolute atomic E-state index is 13.2. The van der Waals surface area contributed by atoms with E-state index in [4.69, 9.17) is 4.42 Å². The van der Waals surface area contributed by atoms with Gasteiger partial charge in [0.15, 0.2) is 5.78 Å². The zero-order valence-corrected chi connectivity index (χ0v) is 12.0. The van der Waals surface area contributed by atoms with Gasteiger partial charge in [0.25, 0.3) is 0 Å². The van der Waals surface area contributed by atoms with Gasteiger partial charge in [-0.1, -0.05) is 34.1 Å². The Morgan fingerprint density at radius 2 is 2.00 bits per heavy atom. The van der Waals surface area contributed by atoms with Gasteiger partial charge in [0.05, 0.1) is 5.56 Å². The fourth-order valence-corrected chi connectivity index (χ4v) is 2.53. The number of hydrogen-bond donors (Lipinski definition) is 0. The predicted molar refractivity (Wildman–Crippen MR) is 78.3 cm³/mol. The van der Waals surface area contributed by atoms with Crippen molar-refractivity contribution < 1.29 is 13.6 Å². The van der Waals surface area contributed by atoms with Crippen LogP contribution < -0.4 is 0 Å². The Bertz CT molecular complexity index is 792. The molecule has 0 N–H and O–H groups in total. The van der Waals surface area contributed by atoms with E-state index in [9.17, 15) is 9.18 Å². The van der Waals surface area contributed by atoms with Crippen LogP contribution in [0.5, 0.6) is 0 Å². The zero-order chi connectivity index (χ0) is 14.1. The van der Waals surface area contributed by atoms with Gasteiger partial charge in [-0.05, 0) is 29.8 Å². The molecule has 0 aliphatic heterocycles. The average molecular weight is 333 g/mol. The average Bonchev–Trinajstić information content (AvgIpc) is 2.87. The normalized spacial score (nSPS) is 10.9. The molecule has 0 amide bonds. The van der Waals surface area contributed by atoms with E-state index >= 15 is 0 Å². The van der Waals surface area contributed by atoms with E-state index in [0.717, 1.165) is 9.86 Å². The second-order valence-electron chi connectivity index (χ2n) is 4.48. The lowest BCUT2D eigenvalue weighted by atomic mass is 10.0. The first-order valence-corrected chi connectivity index (χ1v) is 6.88. The number of hydrogen-bond acceptors (Lipinski definition) is 2. The minimum atomic E-state index is -0.354. The number of Topliss-reactive ketones (excluding diaryl/α,β-unsaturated/α-hetero) is 1. The minimum Gasteiger partial charge on any atom is -0.464 e. The molecule has 1 heterocycles. The van der Waals surface area contributed by atoms with Crippen molar-refractivity contribution in [3.05, 3.63) is 70.1 Å². The highest BCUT2D eigenvalue weighted by Crippen LogP contribution is 2.24. The number of carbonyl (C=O) groups excluding carboxylic acids is 1. The molecule has 0 bridgehead atoms. The van der Waals surface area contributed by atoms with E-state index in [-0.39, 0.29) is 18.0 Å². The summed E-state index contributed by atoms with van der Waals surface area (Å²) < 4.78 is 19.3. The highest BCUT2D eigenvalue weighted by atomic mass is 79.9. The number of halogens is 2. The Morgan fingerprint density at radius 1 is 1.20 bits per heavy atom. The van der Waals surface area contributed by atoms with Crippen LogP contribution in [0.25, 0.3) is 11.0 Å². The van der Waals surface area contributed by atoms with E-state index in [1.54, 1.807) is 6.07 Å². The Hall–Kier alpha value is -1.94. The van der Waals surface area contributed by atoms with Crippen LogP contribution in [0.3, 0.4) is 0 Å². The van der Waals surface area contributed by atoms with E-state index in [0.29, 0.717) is 16.7 Å². The first kappa shape index (κ1) is 13.1. The molecule has 1 aromatic heterocycles. The fourth-order valence-electron chi connectivity index (χ4n) is 2.14. The number of ketones is 1. The second-order valence-corrected chi connectivity index (χ2v) is 5.34. The van der Waals surface area contributed by atoms with Crippen LogP contribution in [0.15, 0.2) is 57.6 Å². The van der Waals surface area contributed by atoms with Gasteiger partial charge in [0, 0.05) is 16.3 Å². The van der Waals surface area contributed by atoms with Gasteiger partial charge < -0.3 is 4.42 Å². The summed E-state index contributed by atoms with van der Waals surface area (Å²) in [5.74, 6) is -0.450. The lowest BCUT2D eigenvalue weighted by Crippen LogP contribution is -2.03. The molecule has 0 saturated heterocycles. The Kier molecular flexibility index (Phi) is 3.40. The van der Waals surface area contributed by atoms with Crippen molar-refractivity contribution in [1.29, 1.82) is 0 Å². The summed E-state index contributed by atoms with van der Waals surface area (Å²) in [6.07, 6.45) is 1.59. The van der Waals surface area contributed by atoms with E-state index in [1.165, 1.54) is 18.4 Å². The standard InChI is InChI=1S/C16H10BrFO2/c17-14-6-5-11(18)7-10(14)8-15(19)13-9-20-16-4-2-1-3-12(13)16/h1-7,9H,8H2. The van der Waals surface area contributed by atoms with Crippen molar-refractivity contribution >= 4 is 32.7 Å². The Balaban J connectivity index is 1.95. The number of benzene rings is 2. The van der Waals surface area contributed by atoms with Gasteiger partial charge in [-0.25, -0.2) is 4.39 Å². The third kappa shape index (κ3) is 2.39. The van der Waals surface area contributed by atoms with Gasteiger partial charge in [-0.15, -0.1) is 0 Å². The summed E-state index contributed by atoms with van der Waals surface area (Å²) in [6, 6.07) is 11.7. The molecule has 0 radical (unpaired) electrons. The molecule has 0 fully saturated rings. The molecule has 0 spiro atoms. The topological polar surface area (TPSA) is 30.2 Å². The molecular formula is C16H10BrFO2. The maximum Gasteiger partial charge on any atom is 0.171 e. The quantitative estimate of drug-likeness (QED) is 0.647. The lowest BCUT2D eigenvalue weighted by molar-refractivity contribution is 0.0993. The summed E-state index contributed by atoms with van der Waals surface area (Å²) in [6.45, 7) is 0. The van der Waals surface area contributed by atoms with Crippen LogP contribution in [-0.4, -0.2) is 5.78 Å². The van der Waals surface area contributed by atoms with Gasteiger partial charge in [0.1, 0.15) is 17.7 Å². The lowest BCUT2D eigenvalue weighted by Gasteiger charge is -2.03. The van der Waals surface area contributed by atoms with Crippen LogP contribution in [0.4, 0.5) is 4.39 Å². The molecule has 2 aromatic carbocycles. The summed E-state index contributed by atoms with van der Waals surface area (Å²) >= 11 is 3.33. The van der Waals surface area contributed by atoms with Crippen molar-refractivity contribution in [3.63, 3.8) is 0 Å². The van der Waals surface area contributed by atoms with E-state index in [2.05, 4.69) is 15.9 Å². The zero-order valence-electron chi connectivity index (χ0n) is 10.4. The van der Waals surface area contributed by atoms with Gasteiger partial charge in [-0.3, -0.25) is 4.79 Å².